The largest absolute Gasteiger partial charge is 0.381 e. The molecule has 1 saturated heterocycles. The van der Waals surface area contributed by atoms with Gasteiger partial charge in [0.2, 0.25) is 0 Å². The van der Waals surface area contributed by atoms with Crippen LogP contribution in [-0.2, 0) is 4.74 Å². The number of hydrogen-bond donors (Lipinski definition) is 1. The molecule has 1 aliphatic heterocycles. The Bertz CT molecular complexity index is 102. The molecule has 0 bridgehead atoms. The molecule has 0 radical (unpaired) electrons. The quantitative estimate of drug-likeness (QED) is 0.631. The number of ether oxygens (including phenoxy) is 1. The van der Waals surface area contributed by atoms with Crippen molar-refractivity contribution < 1.29 is 4.74 Å². The first-order chi connectivity index (χ1) is 5.34. The van der Waals surface area contributed by atoms with E-state index in [1.165, 1.54) is 0 Å². The second kappa shape index (κ2) is 4.70. The third-order valence-corrected chi connectivity index (χ3v) is 2.30. The number of nitrogens with two attached hydrogens (primary N) is 1. The van der Waals surface area contributed by atoms with Gasteiger partial charge in [-0.05, 0) is 19.9 Å². The van der Waals surface area contributed by atoms with Crippen molar-refractivity contribution in [3.8, 4) is 0 Å². The number of rotatable bonds is 3. The minimum atomic E-state index is 0.701. The molecule has 0 unspecified atom stereocenters. The molecule has 3 nitrogen and oxygen atoms in total. The van der Waals surface area contributed by atoms with Crippen molar-refractivity contribution in [1.82, 2.24) is 4.90 Å². The normalized spacial score (nSPS) is 21.0. The Morgan fingerprint density at radius 3 is 2.64 bits per heavy atom. The van der Waals surface area contributed by atoms with Gasteiger partial charge in [-0.1, -0.05) is 0 Å². The van der Waals surface area contributed by atoms with Gasteiger partial charge < -0.3 is 15.4 Å². The highest BCUT2D eigenvalue weighted by molar-refractivity contribution is 4.71. The zero-order valence-electron chi connectivity index (χ0n) is 7.25. The van der Waals surface area contributed by atoms with Gasteiger partial charge in [0.15, 0.2) is 0 Å². The Hall–Kier alpha value is -0.120. The van der Waals surface area contributed by atoms with Gasteiger partial charge >= 0.3 is 0 Å². The van der Waals surface area contributed by atoms with Crippen molar-refractivity contribution in [2.75, 3.05) is 33.4 Å². The molecule has 0 aromatic heterocycles. The fourth-order valence-corrected chi connectivity index (χ4v) is 1.51. The smallest absolute Gasteiger partial charge is 0.0480 e. The number of hydrogen-bond acceptors (Lipinski definition) is 3. The number of nitrogens with zero attached hydrogens (tertiary/aromatic N) is 1. The molecule has 0 atom stereocenters. The third-order valence-electron chi connectivity index (χ3n) is 2.30. The summed E-state index contributed by atoms with van der Waals surface area (Å²) in [6.07, 6.45) is 2.33. The first-order valence-corrected chi connectivity index (χ1v) is 4.32. The van der Waals surface area contributed by atoms with Crippen LogP contribution in [0.2, 0.25) is 0 Å². The van der Waals surface area contributed by atoms with E-state index in [1.807, 2.05) is 0 Å². The summed E-state index contributed by atoms with van der Waals surface area (Å²) in [5, 5.41) is 0. The minimum Gasteiger partial charge on any atom is -0.381 e. The average molecular weight is 158 g/mol. The van der Waals surface area contributed by atoms with E-state index in [0.29, 0.717) is 6.04 Å². The van der Waals surface area contributed by atoms with Crippen LogP contribution in [0.25, 0.3) is 0 Å². The van der Waals surface area contributed by atoms with Crippen molar-refractivity contribution in [2.45, 2.75) is 18.9 Å². The predicted octanol–water partition coefficient (Wildman–Crippen LogP) is 0.0559. The van der Waals surface area contributed by atoms with E-state index in [0.717, 1.165) is 39.1 Å². The maximum absolute atomic E-state index is 5.46. The van der Waals surface area contributed by atoms with Gasteiger partial charge in [0, 0.05) is 32.3 Å². The van der Waals surface area contributed by atoms with Crippen LogP contribution in [0.3, 0.4) is 0 Å². The van der Waals surface area contributed by atoms with E-state index in [9.17, 15) is 0 Å². The average Bonchev–Trinajstić information content (AvgIpc) is 2.07. The molecular formula is C8H18N2O. The molecule has 11 heavy (non-hydrogen) atoms. The molecule has 0 amide bonds. The van der Waals surface area contributed by atoms with Crippen LogP contribution >= 0.6 is 0 Å². The topological polar surface area (TPSA) is 38.5 Å². The van der Waals surface area contributed by atoms with E-state index >= 15 is 0 Å². The van der Waals surface area contributed by atoms with Crippen molar-refractivity contribution >= 4 is 0 Å². The lowest BCUT2D eigenvalue weighted by atomic mass is 10.1. The van der Waals surface area contributed by atoms with Crippen LogP contribution in [0.4, 0.5) is 0 Å². The lowest BCUT2D eigenvalue weighted by Gasteiger charge is -2.30. The summed E-state index contributed by atoms with van der Waals surface area (Å²) >= 11 is 0. The van der Waals surface area contributed by atoms with Crippen molar-refractivity contribution in [1.29, 1.82) is 0 Å². The van der Waals surface area contributed by atoms with Crippen molar-refractivity contribution in [3.63, 3.8) is 0 Å². The molecule has 3 heteroatoms. The van der Waals surface area contributed by atoms with Gasteiger partial charge in [-0.25, -0.2) is 0 Å². The summed E-state index contributed by atoms with van der Waals surface area (Å²) in [5.74, 6) is 0. The molecule has 0 saturated carbocycles. The van der Waals surface area contributed by atoms with E-state index in [1.54, 1.807) is 0 Å². The monoisotopic (exact) mass is 158 g/mol. The van der Waals surface area contributed by atoms with Crippen molar-refractivity contribution in [3.05, 3.63) is 0 Å². The highest BCUT2D eigenvalue weighted by atomic mass is 16.5. The molecular weight excluding hydrogens is 140 g/mol. The minimum absolute atomic E-state index is 0.701. The lowest BCUT2D eigenvalue weighted by Crippen LogP contribution is -2.39. The maximum atomic E-state index is 5.46. The third kappa shape index (κ3) is 2.77. The molecule has 66 valence electrons. The van der Waals surface area contributed by atoms with Gasteiger partial charge in [-0.15, -0.1) is 0 Å². The lowest BCUT2D eigenvalue weighted by molar-refractivity contribution is 0.0440. The highest BCUT2D eigenvalue weighted by Crippen LogP contribution is 2.11. The summed E-state index contributed by atoms with van der Waals surface area (Å²) in [6, 6.07) is 0.701. The van der Waals surface area contributed by atoms with Gasteiger partial charge in [-0.3, -0.25) is 0 Å². The van der Waals surface area contributed by atoms with Crippen LogP contribution < -0.4 is 5.73 Å². The number of likely N-dealkylation sites (N-methyl/N-ethyl adjacent to an activating group) is 1. The maximum Gasteiger partial charge on any atom is 0.0480 e. The zero-order valence-corrected chi connectivity index (χ0v) is 7.25. The van der Waals surface area contributed by atoms with Gasteiger partial charge in [0.1, 0.15) is 0 Å². The summed E-state index contributed by atoms with van der Waals surface area (Å²) in [6.45, 7) is 3.59. The van der Waals surface area contributed by atoms with Crippen LogP contribution in [0.1, 0.15) is 12.8 Å². The Balaban J connectivity index is 2.21. The van der Waals surface area contributed by atoms with E-state index < -0.39 is 0 Å². The molecule has 2 N–H and O–H groups in total. The molecule has 1 fully saturated rings. The van der Waals surface area contributed by atoms with E-state index in [-0.39, 0.29) is 0 Å². The highest BCUT2D eigenvalue weighted by Gasteiger charge is 2.16. The Morgan fingerprint density at radius 2 is 2.09 bits per heavy atom. The molecule has 1 heterocycles. The van der Waals surface area contributed by atoms with Gasteiger partial charge in [0.25, 0.3) is 0 Å². The zero-order chi connectivity index (χ0) is 8.10. The summed E-state index contributed by atoms with van der Waals surface area (Å²) in [4.78, 5) is 2.34. The van der Waals surface area contributed by atoms with Gasteiger partial charge in [0.05, 0.1) is 0 Å². The van der Waals surface area contributed by atoms with Crippen molar-refractivity contribution in [2.24, 2.45) is 5.73 Å². The molecule has 1 rings (SSSR count). The second-order valence-electron chi connectivity index (χ2n) is 3.11. The fraction of sp³-hybridized carbons (Fsp3) is 1.00. The summed E-state index contributed by atoms with van der Waals surface area (Å²) in [5.41, 5.74) is 5.46. The van der Waals surface area contributed by atoms with Gasteiger partial charge in [-0.2, -0.15) is 0 Å². The standard InChI is InChI=1S/C8H18N2O/c1-10(5-4-9)8-2-6-11-7-3-8/h8H,2-7,9H2,1H3. The molecule has 0 spiro atoms. The molecule has 0 aromatic rings. The molecule has 1 aliphatic rings. The SMILES string of the molecule is CN(CCN)C1CCOCC1. The van der Waals surface area contributed by atoms with Crippen LogP contribution in [0.5, 0.6) is 0 Å². The summed E-state index contributed by atoms with van der Waals surface area (Å²) in [7, 11) is 2.14. The first kappa shape index (κ1) is 8.97. The molecule has 0 aliphatic carbocycles. The van der Waals surface area contributed by atoms with E-state index in [2.05, 4.69) is 11.9 Å². The van der Waals surface area contributed by atoms with Crippen LogP contribution in [0, 0.1) is 0 Å². The molecule has 0 aromatic carbocycles. The second-order valence-corrected chi connectivity index (χ2v) is 3.11. The Kier molecular flexibility index (Phi) is 3.83. The Labute approximate surface area is 68.5 Å². The summed E-state index contributed by atoms with van der Waals surface area (Å²) < 4.78 is 5.27. The Morgan fingerprint density at radius 1 is 1.45 bits per heavy atom. The van der Waals surface area contributed by atoms with Crippen LogP contribution in [0.15, 0.2) is 0 Å². The van der Waals surface area contributed by atoms with E-state index in [4.69, 9.17) is 10.5 Å². The fourth-order valence-electron chi connectivity index (χ4n) is 1.51. The first-order valence-electron chi connectivity index (χ1n) is 4.32. The van der Waals surface area contributed by atoms with Crippen LogP contribution in [-0.4, -0.2) is 44.3 Å². The predicted molar refractivity (Wildman–Crippen MR) is 45.5 cm³/mol.